The van der Waals surface area contributed by atoms with E-state index >= 15 is 0 Å². The molecule has 4 rings (SSSR count). The number of hydrogen-bond acceptors (Lipinski definition) is 5. The molecule has 2 heterocycles. The summed E-state index contributed by atoms with van der Waals surface area (Å²) in [6, 6.07) is 8.40. The van der Waals surface area contributed by atoms with Gasteiger partial charge in [-0.3, -0.25) is 9.88 Å². The molecule has 2 aromatic rings. The molecule has 1 saturated carbocycles. The number of amides is 1. The topological polar surface area (TPSA) is 80.5 Å². The summed E-state index contributed by atoms with van der Waals surface area (Å²) in [6.45, 7) is 3.83. The van der Waals surface area contributed by atoms with E-state index in [1.165, 1.54) is 12.1 Å². The molecule has 0 bridgehead atoms. The van der Waals surface area contributed by atoms with Crippen LogP contribution in [0.3, 0.4) is 0 Å². The highest BCUT2D eigenvalue weighted by Gasteiger charge is 2.51. The van der Waals surface area contributed by atoms with Gasteiger partial charge in [0.05, 0.1) is 23.6 Å². The van der Waals surface area contributed by atoms with Gasteiger partial charge in [0.25, 0.3) is 0 Å². The smallest absolute Gasteiger partial charge is 0.411 e. The Morgan fingerprint density at radius 2 is 1.86 bits per heavy atom. The number of nitrogens with zero attached hydrogens (tertiary/aromatic N) is 2. The highest BCUT2D eigenvalue weighted by molar-refractivity contribution is 5.72. The number of benzene rings is 1. The van der Waals surface area contributed by atoms with Crippen molar-refractivity contribution >= 4 is 17.5 Å². The van der Waals surface area contributed by atoms with E-state index in [9.17, 15) is 9.18 Å². The molecule has 1 amide bonds. The van der Waals surface area contributed by atoms with Gasteiger partial charge in [-0.2, -0.15) is 0 Å². The van der Waals surface area contributed by atoms with Crippen molar-refractivity contribution in [3.8, 4) is 0 Å². The summed E-state index contributed by atoms with van der Waals surface area (Å²) >= 11 is 0. The lowest BCUT2D eigenvalue weighted by atomic mass is 9.86. The molecule has 154 valence electrons. The van der Waals surface area contributed by atoms with Crippen molar-refractivity contribution in [1.82, 2.24) is 9.88 Å². The zero-order valence-corrected chi connectivity index (χ0v) is 16.8. The van der Waals surface area contributed by atoms with Crippen LogP contribution in [-0.4, -0.2) is 33.7 Å². The highest BCUT2D eigenvalue weighted by atomic mass is 19.1. The molecule has 1 aromatic carbocycles. The molecule has 0 spiro atoms. The number of anilines is 2. The monoisotopic (exact) mass is 398 g/mol. The minimum Gasteiger partial charge on any atom is -0.441 e. The van der Waals surface area contributed by atoms with E-state index < -0.39 is 5.60 Å². The van der Waals surface area contributed by atoms with Crippen LogP contribution in [-0.2, 0) is 4.74 Å². The number of nitrogen functional groups attached to an aromatic ring is 1. The van der Waals surface area contributed by atoms with Crippen LogP contribution in [0.2, 0.25) is 0 Å². The first kappa shape index (κ1) is 19.5. The first-order chi connectivity index (χ1) is 13.8. The van der Waals surface area contributed by atoms with Crippen molar-refractivity contribution in [2.75, 3.05) is 11.1 Å². The van der Waals surface area contributed by atoms with Crippen molar-refractivity contribution in [3.63, 3.8) is 0 Å². The Bertz CT molecular complexity index is 879. The summed E-state index contributed by atoms with van der Waals surface area (Å²) in [5.74, 6) is -0.287. The van der Waals surface area contributed by atoms with E-state index in [0.717, 1.165) is 36.9 Å². The number of rotatable bonds is 4. The minimum atomic E-state index is -0.671. The van der Waals surface area contributed by atoms with E-state index in [1.54, 1.807) is 24.5 Å². The summed E-state index contributed by atoms with van der Waals surface area (Å²) < 4.78 is 19.1. The van der Waals surface area contributed by atoms with Crippen LogP contribution in [0.25, 0.3) is 0 Å². The molecule has 0 radical (unpaired) electrons. The molecule has 2 aliphatic rings. The largest absolute Gasteiger partial charge is 0.441 e. The van der Waals surface area contributed by atoms with Crippen molar-refractivity contribution in [3.05, 3.63) is 54.1 Å². The van der Waals surface area contributed by atoms with Gasteiger partial charge in [0, 0.05) is 18.3 Å². The van der Waals surface area contributed by atoms with Crippen molar-refractivity contribution in [1.29, 1.82) is 0 Å². The zero-order chi connectivity index (χ0) is 20.6. The Balaban J connectivity index is 1.48. The van der Waals surface area contributed by atoms with Gasteiger partial charge in [-0.05, 0) is 63.3 Å². The number of carbonyl (C=O) groups excluding carboxylic acids is 1. The number of aromatic nitrogens is 1. The highest BCUT2D eigenvalue weighted by Crippen LogP contribution is 2.44. The van der Waals surface area contributed by atoms with Gasteiger partial charge in [0.15, 0.2) is 0 Å². The van der Waals surface area contributed by atoms with Crippen LogP contribution in [0.5, 0.6) is 0 Å². The van der Waals surface area contributed by atoms with Gasteiger partial charge in [-0.1, -0.05) is 12.1 Å². The molecule has 1 aliphatic heterocycles. The molecule has 1 aromatic heterocycles. The lowest BCUT2D eigenvalue weighted by Gasteiger charge is -2.38. The quantitative estimate of drug-likeness (QED) is 0.793. The van der Waals surface area contributed by atoms with Gasteiger partial charge in [0.1, 0.15) is 11.4 Å². The Hall–Kier alpha value is -2.83. The normalized spacial score (nSPS) is 26.2. The summed E-state index contributed by atoms with van der Waals surface area (Å²) in [5, 5.41) is 3.50. The van der Waals surface area contributed by atoms with Gasteiger partial charge in [-0.25, -0.2) is 9.18 Å². The average Bonchev–Trinajstić information content (AvgIpc) is 2.93. The maximum atomic E-state index is 13.4. The first-order valence-electron chi connectivity index (χ1n) is 10.1. The predicted molar refractivity (Wildman–Crippen MR) is 110 cm³/mol. The van der Waals surface area contributed by atoms with E-state index in [1.807, 2.05) is 24.8 Å². The number of ether oxygens (including phenoxy) is 1. The Morgan fingerprint density at radius 1 is 1.17 bits per heavy atom. The predicted octanol–water partition coefficient (Wildman–Crippen LogP) is 4.50. The summed E-state index contributed by atoms with van der Waals surface area (Å²) in [7, 11) is 0. The number of pyridine rings is 1. The molecule has 6 nitrogen and oxygen atoms in total. The second kappa shape index (κ2) is 7.54. The van der Waals surface area contributed by atoms with Crippen molar-refractivity contribution in [2.24, 2.45) is 0 Å². The molecule has 2 fully saturated rings. The number of halogens is 1. The van der Waals surface area contributed by atoms with Crippen LogP contribution in [0, 0.1) is 5.82 Å². The standard InChI is InChI=1S/C22H27FN4O2/c1-22(2)20(14-3-5-15(23)6-4-14)27(21(28)29-22)17-9-7-16(8-10-17)26-19-11-12-25-13-18(19)24/h3-6,11-13,16-17,20H,7-10,24H2,1-2H3,(H,25,26)/t16?,17?,20-/m0/s1. The first-order valence-corrected chi connectivity index (χ1v) is 10.1. The lowest BCUT2D eigenvalue weighted by molar-refractivity contribution is 0.0664. The molecule has 0 unspecified atom stereocenters. The minimum absolute atomic E-state index is 0.0900. The Morgan fingerprint density at radius 3 is 2.52 bits per heavy atom. The van der Waals surface area contributed by atoms with E-state index in [0.29, 0.717) is 11.7 Å². The van der Waals surface area contributed by atoms with Crippen LogP contribution in [0.15, 0.2) is 42.7 Å². The molecule has 7 heteroatoms. The second-order valence-corrected chi connectivity index (χ2v) is 8.45. The summed E-state index contributed by atoms with van der Waals surface area (Å²) in [4.78, 5) is 18.6. The van der Waals surface area contributed by atoms with E-state index in [4.69, 9.17) is 10.5 Å². The van der Waals surface area contributed by atoms with Gasteiger partial charge >= 0.3 is 6.09 Å². The van der Waals surface area contributed by atoms with E-state index in [-0.39, 0.29) is 24.0 Å². The molecule has 1 aliphatic carbocycles. The van der Waals surface area contributed by atoms with Crippen LogP contribution in [0.1, 0.15) is 51.1 Å². The second-order valence-electron chi connectivity index (χ2n) is 8.45. The van der Waals surface area contributed by atoms with Crippen LogP contribution < -0.4 is 11.1 Å². The fraction of sp³-hybridized carbons (Fsp3) is 0.455. The number of cyclic esters (lactones) is 1. The zero-order valence-electron chi connectivity index (χ0n) is 16.8. The molecule has 3 N–H and O–H groups in total. The maximum Gasteiger partial charge on any atom is 0.411 e. The average molecular weight is 398 g/mol. The number of hydrogen-bond donors (Lipinski definition) is 2. The SMILES string of the molecule is CC1(C)OC(=O)N(C2CCC(Nc3ccncc3N)CC2)[C@H]1c1ccc(F)cc1. The van der Waals surface area contributed by atoms with Crippen LogP contribution in [0.4, 0.5) is 20.6 Å². The summed E-state index contributed by atoms with van der Waals surface area (Å²) in [5.41, 5.74) is 7.74. The maximum absolute atomic E-state index is 13.4. The summed E-state index contributed by atoms with van der Waals surface area (Å²) in [6.07, 6.45) is 6.65. The van der Waals surface area contributed by atoms with Gasteiger partial charge in [-0.15, -0.1) is 0 Å². The molecule has 1 atom stereocenters. The number of nitrogens with one attached hydrogen (secondary N) is 1. The van der Waals surface area contributed by atoms with Gasteiger partial charge in [0.2, 0.25) is 0 Å². The molecule has 1 saturated heterocycles. The third-order valence-electron chi connectivity index (χ3n) is 5.99. The third-order valence-corrected chi connectivity index (χ3v) is 5.99. The van der Waals surface area contributed by atoms with Crippen molar-refractivity contribution in [2.45, 2.75) is 63.3 Å². The Labute approximate surface area is 170 Å². The van der Waals surface area contributed by atoms with Gasteiger partial charge < -0.3 is 15.8 Å². The lowest BCUT2D eigenvalue weighted by Crippen LogP contribution is -2.44. The van der Waals surface area contributed by atoms with E-state index in [2.05, 4.69) is 10.3 Å². The molecule has 29 heavy (non-hydrogen) atoms. The van der Waals surface area contributed by atoms with Crippen molar-refractivity contribution < 1.29 is 13.9 Å². The third kappa shape index (κ3) is 3.86. The van der Waals surface area contributed by atoms with Crippen LogP contribution >= 0.6 is 0 Å². The molecular weight excluding hydrogens is 371 g/mol. The fourth-order valence-electron chi connectivity index (χ4n) is 4.60. The fourth-order valence-corrected chi connectivity index (χ4v) is 4.60. The Kier molecular flexibility index (Phi) is 5.06. The number of nitrogens with two attached hydrogens (primary N) is 1. The number of carbonyl (C=O) groups is 1. The molecular formula is C22H27FN4O2.